The number of carbonyl (C=O) groups is 2. The van der Waals surface area contributed by atoms with E-state index in [9.17, 15) is 26.4 Å². The zero-order chi connectivity index (χ0) is 21.5. The number of carboxylic acids is 1. The number of rotatable bonds is 5. The fourth-order valence-electron chi connectivity index (χ4n) is 1.82. The highest BCUT2D eigenvalue weighted by atomic mass is 32.2. The van der Waals surface area contributed by atoms with E-state index in [-0.39, 0.29) is 17.2 Å². The molecule has 0 aliphatic rings. The van der Waals surface area contributed by atoms with Crippen LogP contribution in [0.4, 0.5) is 19.0 Å². The van der Waals surface area contributed by atoms with E-state index < -0.39 is 22.2 Å². The van der Waals surface area contributed by atoms with Gasteiger partial charge in [-0.1, -0.05) is 12.1 Å². The van der Waals surface area contributed by atoms with E-state index in [2.05, 4.69) is 15.5 Å². The molecule has 1 aromatic carbocycles. The van der Waals surface area contributed by atoms with Crippen LogP contribution < -0.4 is 10.5 Å². The molecule has 0 saturated carbocycles. The largest absolute Gasteiger partial charge is 0.490 e. The molecule has 2 aromatic rings. The van der Waals surface area contributed by atoms with Crippen molar-refractivity contribution >= 4 is 27.7 Å². The number of aliphatic carboxylic acids is 1. The van der Waals surface area contributed by atoms with Gasteiger partial charge in [0.05, 0.1) is 4.90 Å². The number of sulfonamides is 1. The highest BCUT2D eigenvalue weighted by Gasteiger charge is 2.38. The highest BCUT2D eigenvalue weighted by Crippen LogP contribution is 2.13. The maximum atomic E-state index is 11.8. The fourth-order valence-corrected chi connectivity index (χ4v) is 2.41. The summed E-state index contributed by atoms with van der Waals surface area (Å²) in [6.07, 6.45) is -4.45. The first kappa shape index (κ1) is 23.1. The summed E-state index contributed by atoms with van der Waals surface area (Å²) in [5, 5.41) is 21.5. The Hall–Kier alpha value is -2.93. The zero-order valence-electron chi connectivity index (χ0n) is 14.4. The molecule has 0 aliphatic carbocycles. The molecule has 9 nitrogen and oxygen atoms in total. The van der Waals surface area contributed by atoms with E-state index in [0.717, 1.165) is 11.3 Å². The standard InChI is InChI=1S/C13H16N4O3S.C2HF3O2/c1-9-7-12(17-16-9)15-13(18)6-5-10-3-2-4-11(8-10)21(14,19)20;3-2(4,5)1(6)7/h2-4,7-8H,5-6H2,1H3,(H2,14,19,20)(H2,15,16,17,18);(H,6,7). The second-order valence-electron chi connectivity index (χ2n) is 5.48. The van der Waals surface area contributed by atoms with E-state index >= 15 is 0 Å². The second kappa shape index (κ2) is 9.32. The van der Waals surface area contributed by atoms with E-state index in [1.165, 1.54) is 12.1 Å². The Balaban J connectivity index is 0.000000480. The minimum Gasteiger partial charge on any atom is -0.475 e. The number of primary sulfonamides is 1. The Kier molecular flexibility index (Phi) is 7.69. The van der Waals surface area contributed by atoms with Gasteiger partial charge in [-0.2, -0.15) is 18.3 Å². The van der Waals surface area contributed by atoms with Gasteiger partial charge in [0, 0.05) is 18.2 Å². The summed E-state index contributed by atoms with van der Waals surface area (Å²) >= 11 is 0. The number of anilines is 1. The Bertz CT molecular complexity index is 941. The molecule has 0 spiro atoms. The molecule has 13 heteroatoms. The molecule has 154 valence electrons. The molecule has 0 unspecified atom stereocenters. The summed E-state index contributed by atoms with van der Waals surface area (Å²) in [5.41, 5.74) is 1.58. The fraction of sp³-hybridized carbons (Fsp3) is 0.267. The molecule has 0 atom stereocenters. The number of hydrogen-bond donors (Lipinski definition) is 4. The average molecular weight is 422 g/mol. The van der Waals surface area contributed by atoms with Crippen molar-refractivity contribution < 1.29 is 36.3 Å². The molecule has 0 radical (unpaired) electrons. The van der Waals surface area contributed by atoms with Crippen molar-refractivity contribution in [3.8, 4) is 0 Å². The SMILES string of the molecule is Cc1cc(NC(=O)CCc2cccc(S(N)(=O)=O)c2)n[nH]1.O=C(O)C(F)(F)F. The first-order valence-corrected chi connectivity index (χ1v) is 9.07. The number of nitrogens with zero attached hydrogens (tertiary/aromatic N) is 1. The molecular weight excluding hydrogens is 405 g/mol. The Morgan fingerprint density at radius 3 is 2.36 bits per heavy atom. The predicted molar refractivity (Wildman–Crippen MR) is 91.8 cm³/mol. The predicted octanol–water partition coefficient (Wildman–Crippen LogP) is 1.57. The topological polar surface area (TPSA) is 155 Å². The van der Waals surface area contributed by atoms with Crippen LogP contribution in [0.15, 0.2) is 35.2 Å². The average Bonchev–Trinajstić information content (AvgIpc) is 2.97. The number of nitrogens with one attached hydrogen (secondary N) is 2. The number of H-pyrrole nitrogens is 1. The van der Waals surface area contributed by atoms with Crippen LogP contribution in [0.3, 0.4) is 0 Å². The van der Waals surface area contributed by atoms with E-state index in [1.54, 1.807) is 18.2 Å². The number of carboxylic acid groups (broad SMARTS) is 1. The van der Waals surface area contributed by atoms with Gasteiger partial charge in [0.2, 0.25) is 15.9 Å². The monoisotopic (exact) mass is 422 g/mol. The lowest BCUT2D eigenvalue weighted by Gasteiger charge is -2.04. The number of alkyl halides is 3. The lowest BCUT2D eigenvalue weighted by molar-refractivity contribution is -0.192. The van der Waals surface area contributed by atoms with Gasteiger partial charge in [-0.3, -0.25) is 9.89 Å². The maximum absolute atomic E-state index is 11.8. The molecule has 0 bridgehead atoms. The highest BCUT2D eigenvalue weighted by molar-refractivity contribution is 7.89. The van der Waals surface area contributed by atoms with Crippen LogP contribution in [0.2, 0.25) is 0 Å². The third kappa shape index (κ3) is 8.18. The number of hydrogen-bond acceptors (Lipinski definition) is 5. The van der Waals surface area contributed by atoms with Gasteiger partial charge in [0.1, 0.15) is 0 Å². The molecular formula is C15H17F3N4O5S. The molecule has 1 heterocycles. The van der Waals surface area contributed by atoms with E-state index in [4.69, 9.17) is 15.0 Å². The van der Waals surface area contributed by atoms with Gasteiger partial charge in [-0.25, -0.2) is 18.4 Å². The van der Waals surface area contributed by atoms with Crippen molar-refractivity contribution in [1.29, 1.82) is 0 Å². The van der Waals surface area contributed by atoms with Crippen LogP contribution in [-0.2, 0) is 26.0 Å². The number of carbonyl (C=O) groups excluding carboxylic acids is 1. The normalized spacial score (nSPS) is 11.3. The van der Waals surface area contributed by atoms with Gasteiger partial charge >= 0.3 is 12.1 Å². The number of nitrogens with two attached hydrogens (primary N) is 1. The van der Waals surface area contributed by atoms with Crippen LogP contribution in [0.5, 0.6) is 0 Å². The molecule has 0 saturated heterocycles. The molecule has 2 rings (SSSR count). The summed E-state index contributed by atoms with van der Waals surface area (Å²) in [4.78, 5) is 20.7. The summed E-state index contributed by atoms with van der Waals surface area (Å²) < 4.78 is 54.2. The van der Waals surface area contributed by atoms with Crippen molar-refractivity contribution in [3.05, 3.63) is 41.6 Å². The van der Waals surface area contributed by atoms with Crippen LogP contribution in [-0.4, -0.2) is 41.8 Å². The summed E-state index contributed by atoms with van der Waals surface area (Å²) in [6.45, 7) is 1.83. The Morgan fingerprint density at radius 2 is 1.89 bits per heavy atom. The van der Waals surface area contributed by atoms with Crippen LogP contribution in [0.1, 0.15) is 17.7 Å². The van der Waals surface area contributed by atoms with Crippen molar-refractivity contribution in [1.82, 2.24) is 10.2 Å². The van der Waals surface area contributed by atoms with E-state index in [0.29, 0.717) is 12.2 Å². The number of aromatic amines is 1. The zero-order valence-corrected chi connectivity index (χ0v) is 15.3. The number of amides is 1. The third-order valence-electron chi connectivity index (χ3n) is 3.08. The molecule has 1 amide bonds. The minimum atomic E-state index is -5.08. The Morgan fingerprint density at radius 1 is 1.29 bits per heavy atom. The first-order chi connectivity index (χ1) is 12.8. The van der Waals surface area contributed by atoms with Gasteiger partial charge in [-0.15, -0.1) is 0 Å². The number of aromatic nitrogens is 2. The lowest BCUT2D eigenvalue weighted by Crippen LogP contribution is -2.21. The van der Waals surface area contributed by atoms with Crippen LogP contribution in [0, 0.1) is 6.92 Å². The van der Waals surface area contributed by atoms with Gasteiger partial charge in [0.15, 0.2) is 5.82 Å². The van der Waals surface area contributed by atoms with Crippen molar-refractivity contribution in [3.63, 3.8) is 0 Å². The summed E-state index contributed by atoms with van der Waals surface area (Å²) in [6, 6.07) is 7.97. The van der Waals surface area contributed by atoms with Crippen molar-refractivity contribution in [2.45, 2.75) is 30.8 Å². The van der Waals surface area contributed by atoms with Crippen molar-refractivity contribution in [2.75, 3.05) is 5.32 Å². The summed E-state index contributed by atoms with van der Waals surface area (Å²) in [7, 11) is -3.72. The summed E-state index contributed by atoms with van der Waals surface area (Å²) in [5.74, 6) is -2.48. The van der Waals surface area contributed by atoms with Crippen molar-refractivity contribution in [2.24, 2.45) is 5.14 Å². The molecule has 0 fully saturated rings. The molecule has 1 aromatic heterocycles. The Labute approximate surface area is 157 Å². The van der Waals surface area contributed by atoms with Gasteiger partial charge < -0.3 is 10.4 Å². The van der Waals surface area contributed by atoms with Gasteiger partial charge in [-0.05, 0) is 31.0 Å². The minimum absolute atomic E-state index is 0.0448. The molecule has 5 N–H and O–H groups in total. The van der Waals surface area contributed by atoms with Crippen LogP contribution >= 0.6 is 0 Å². The molecule has 0 aliphatic heterocycles. The third-order valence-corrected chi connectivity index (χ3v) is 3.99. The molecule has 28 heavy (non-hydrogen) atoms. The van der Waals surface area contributed by atoms with E-state index in [1.807, 2.05) is 6.92 Å². The lowest BCUT2D eigenvalue weighted by atomic mass is 10.1. The maximum Gasteiger partial charge on any atom is 0.490 e. The number of aryl methyl sites for hydroxylation is 2. The quantitative estimate of drug-likeness (QED) is 0.573. The first-order valence-electron chi connectivity index (χ1n) is 7.52. The van der Waals surface area contributed by atoms with Gasteiger partial charge in [0.25, 0.3) is 0 Å². The van der Waals surface area contributed by atoms with Crippen LogP contribution in [0.25, 0.3) is 0 Å². The number of halogens is 3. The second-order valence-corrected chi connectivity index (χ2v) is 7.04. The number of benzene rings is 1. The smallest absolute Gasteiger partial charge is 0.475 e.